The quantitative estimate of drug-likeness (QED) is 0.660. The van der Waals surface area contributed by atoms with Gasteiger partial charge in [-0.05, 0) is 57.0 Å². The average molecular weight is 390 g/mol. The van der Waals surface area contributed by atoms with E-state index in [0.29, 0.717) is 5.11 Å². The van der Waals surface area contributed by atoms with Crippen molar-refractivity contribution in [3.8, 4) is 0 Å². The van der Waals surface area contributed by atoms with Crippen LogP contribution in [0.2, 0.25) is 0 Å². The van der Waals surface area contributed by atoms with E-state index < -0.39 is 24.2 Å². The SMILES string of the molecule is Cc1ccc(N2C(=S)N[C@H]3[C@@H](O)[C@H](O)C[C@@H](C(=O)N4CCCCC4)[C@H]32)cc1. The normalized spacial score (nSPS) is 33.6. The summed E-state index contributed by atoms with van der Waals surface area (Å²) in [6, 6.07) is 7.26. The number of thiocarbonyl (C=S) groups is 1. The summed E-state index contributed by atoms with van der Waals surface area (Å²) in [6.07, 6.45) is 1.58. The van der Waals surface area contributed by atoms with Crippen LogP contribution in [0.1, 0.15) is 31.2 Å². The Hall–Kier alpha value is -1.70. The molecular formula is C20H27N3O3S. The summed E-state index contributed by atoms with van der Waals surface area (Å²) in [5.74, 6) is -0.333. The van der Waals surface area contributed by atoms with Crippen LogP contribution in [0, 0.1) is 12.8 Å². The number of piperidine rings is 1. The van der Waals surface area contributed by atoms with Gasteiger partial charge < -0.3 is 25.3 Å². The summed E-state index contributed by atoms with van der Waals surface area (Å²) in [6.45, 7) is 3.57. The number of aliphatic hydroxyl groups excluding tert-OH is 2. The van der Waals surface area contributed by atoms with E-state index >= 15 is 0 Å². The number of fused-ring (bicyclic) bond motifs is 1. The third kappa shape index (κ3) is 3.32. The van der Waals surface area contributed by atoms with Crippen LogP contribution < -0.4 is 10.2 Å². The van der Waals surface area contributed by atoms with Crippen LogP contribution in [0.3, 0.4) is 0 Å². The summed E-state index contributed by atoms with van der Waals surface area (Å²) in [5, 5.41) is 24.6. The third-order valence-corrected chi connectivity index (χ3v) is 6.46. The van der Waals surface area contributed by atoms with Gasteiger partial charge in [0.05, 0.1) is 24.1 Å². The molecule has 1 saturated carbocycles. The Morgan fingerprint density at radius 1 is 1.15 bits per heavy atom. The van der Waals surface area contributed by atoms with Crippen LogP contribution in [-0.4, -0.2) is 63.5 Å². The highest BCUT2D eigenvalue weighted by Gasteiger charge is 2.54. The fraction of sp³-hybridized carbons (Fsp3) is 0.600. The molecule has 3 aliphatic rings. The Kier molecular flexibility index (Phi) is 5.09. The smallest absolute Gasteiger partial charge is 0.227 e. The molecule has 0 aromatic heterocycles. The highest BCUT2D eigenvalue weighted by atomic mass is 32.1. The number of anilines is 1. The Balaban J connectivity index is 1.68. The summed E-state index contributed by atoms with van der Waals surface area (Å²) >= 11 is 5.55. The molecule has 0 bridgehead atoms. The molecule has 146 valence electrons. The van der Waals surface area contributed by atoms with Crippen molar-refractivity contribution >= 4 is 28.9 Å². The lowest BCUT2D eigenvalue weighted by atomic mass is 9.76. The van der Waals surface area contributed by atoms with Gasteiger partial charge in [-0.25, -0.2) is 0 Å². The molecule has 1 aromatic rings. The predicted molar refractivity (Wildman–Crippen MR) is 108 cm³/mol. The number of hydrogen-bond donors (Lipinski definition) is 3. The number of aliphatic hydroxyl groups is 2. The van der Waals surface area contributed by atoms with Crippen LogP contribution in [-0.2, 0) is 4.79 Å². The highest BCUT2D eigenvalue weighted by Crippen LogP contribution is 2.37. The van der Waals surface area contributed by atoms with Crippen LogP contribution in [0.4, 0.5) is 5.69 Å². The average Bonchev–Trinajstić information content (AvgIpc) is 3.03. The lowest BCUT2D eigenvalue weighted by Gasteiger charge is -2.43. The molecule has 0 unspecified atom stereocenters. The van der Waals surface area contributed by atoms with Crippen LogP contribution in [0.25, 0.3) is 0 Å². The maximum absolute atomic E-state index is 13.3. The van der Waals surface area contributed by atoms with Crippen molar-refractivity contribution in [3.05, 3.63) is 29.8 Å². The third-order valence-electron chi connectivity index (χ3n) is 6.14. The predicted octanol–water partition coefficient (Wildman–Crippen LogP) is 1.18. The fourth-order valence-corrected chi connectivity index (χ4v) is 5.04. The van der Waals surface area contributed by atoms with Gasteiger partial charge >= 0.3 is 0 Å². The molecule has 2 aliphatic heterocycles. The molecule has 0 radical (unpaired) electrons. The van der Waals surface area contributed by atoms with Gasteiger partial charge in [0, 0.05) is 18.8 Å². The largest absolute Gasteiger partial charge is 0.390 e. The van der Waals surface area contributed by atoms with Gasteiger partial charge in [0.1, 0.15) is 6.10 Å². The first-order valence-corrected chi connectivity index (χ1v) is 10.2. The molecular weight excluding hydrogens is 362 g/mol. The maximum atomic E-state index is 13.3. The summed E-state index contributed by atoms with van der Waals surface area (Å²) < 4.78 is 0. The number of carbonyl (C=O) groups is 1. The molecule has 1 aliphatic carbocycles. The second-order valence-electron chi connectivity index (χ2n) is 7.96. The monoisotopic (exact) mass is 389 g/mol. The molecule has 1 amide bonds. The van der Waals surface area contributed by atoms with Crippen molar-refractivity contribution in [1.29, 1.82) is 0 Å². The van der Waals surface area contributed by atoms with Gasteiger partial charge in [0.2, 0.25) is 5.91 Å². The molecule has 0 spiro atoms. The number of likely N-dealkylation sites (tertiary alicyclic amines) is 1. The topological polar surface area (TPSA) is 76.0 Å². The first-order chi connectivity index (χ1) is 13.0. The van der Waals surface area contributed by atoms with Gasteiger partial charge in [-0.3, -0.25) is 4.79 Å². The number of hydrogen-bond acceptors (Lipinski definition) is 4. The van der Waals surface area contributed by atoms with Crippen molar-refractivity contribution in [3.63, 3.8) is 0 Å². The number of amides is 1. The first-order valence-electron chi connectivity index (χ1n) is 9.78. The minimum atomic E-state index is -0.950. The van der Waals surface area contributed by atoms with Crippen molar-refractivity contribution < 1.29 is 15.0 Å². The van der Waals surface area contributed by atoms with Crippen molar-refractivity contribution in [2.24, 2.45) is 5.92 Å². The Labute approximate surface area is 165 Å². The summed E-state index contributed by atoms with van der Waals surface area (Å²) in [4.78, 5) is 17.2. The molecule has 4 rings (SSSR count). The number of aryl methyl sites for hydroxylation is 1. The van der Waals surface area contributed by atoms with E-state index in [2.05, 4.69) is 5.32 Å². The number of nitrogens with zero attached hydrogens (tertiary/aromatic N) is 2. The minimum Gasteiger partial charge on any atom is -0.390 e. The molecule has 2 heterocycles. The van der Waals surface area contributed by atoms with Crippen LogP contribution in [0.15, 0.2) is 24.3 Å². The molecule has 3 fully saturated rings. The van der Waals surface area contributed by atoms with Crippen molar-refractivity contribution in [2.75, 3.05) is 18.0 Å². The lowest BCUT2D eigenvalue weighted by Crippen LogP contribution is -2.61. The molecule has 6 nitrogen and oxygen atoms in total. The maximum Gasteiger partial charge on any atom is 0.227 e. The summed E-state index contributed by atoms with van der Waals surface area (Å²) in [7, 11) is 0. The second kappa shape index (κ2) is 7.37. The van der Waals surface area contributed by atoms with Gasteiger partial charge in [0.15, 0.2) is 5.11 Å². The van der Waals surface area contributed by atoms with E-state index in [0.717, 1.165) is 43.6 Å². The zero-order chi connectivity index (χ0) is 19.1. The van der Waals surface area contributed by atoms with Crippen molar-refractivity contribution in [1.82, 2.24) is 10.2 Å². The van der Waals surface area contributed by atoms with Crippen molar-refractivity contribution in [2.45, 2.75) is 56.9 Å². The Morgan fingerprint density at radius 2 is 1.81 bits per heavy atom. The molecule has 5 atom stereocenters. The van der Waals surface area contributed by atoms with Gasteiger partial charge in [-0.2, -0.15) is 0 Å². The number of rotatable bonds is 2. The van der Waals surface area contributed by atoms with E-state index in [-0.39, 0.29) is 18.4 Å². The van der Waals surface area contributed by atoms with E-state index in [4.69, 9.17) is 12.2 Å². The van der Waals surface area contributed by atoms with Gasteiger partial charge in [0.25, 0.3) is 0 Å². The minimum absolute atomic E-state index is 0.0688. The second-order valence-corrected chi connectivity index (χ2v) is 8.34. The first kappa shape index (κ1) is 18.7. The zero-order valence-corrected chi connectivity index (χ0v) is 16.4. The highest BCUT2D eigenvalue weighted by molar-refractivity contribution is 7.80. The van der Waals surface area contributed by atoms with E-state index in [1.165, 1.54) is 0 Å². The molecule has 2 saturated heterocycles. The lowest BCUT2D eigenvalue weighted by molar-refractivity contribution is -0.142. The molecule has 1 aromatic carbocycles. The fourth-order valence-electron chi connectivity index (χ4n) is 4.68. The standard InChI is InChI=1S/C20H27N3O3S/c1-12-5-7-13(8-6-12)23-17-14(19(26)22-9-3-2-4-10-22)11-15(24)18(25)16(17)21-20(23)27/h5-8,14-18,24-25H,2-4,9-11H2,1H3,(H,21,27)/t14-,15-,16-,17-,18+/m1/s1. The molecule has 3 N–H and O–H groups in total. The van der Waals surface area contributed by atoms with E-state index in [1.807, 2.05) is 41.0 Å². The Bertz CT molecular complexity index is 720. The number of benzene rings is 1. The van der Waals surface area contributed by atoms with E-state index in [9.17, 15) is 15.0 Å². The summed E-state index contributed by atoms with van der Waals surface area (Å²) in [5.41, 5.74) is 2.05. The Morgan fingerprint density at radius 3 is 2.48 bits per heavy atom. The molecule has 7 heteroatoms. The van der Waals surface area contributed by atoms with Gasteiger partial charge in [-0.1, -0.05) is 17.7 Å². The van der Waals surface area contributed by atoms with E-state index in [1.54, 1.807) is 0 Å². The van der Waals surface area contributed by atoms with Crippen LogP contribution >= 0.6 is 12.2 Å². The number of nitrogens with one attached hydrogen (secondary N) is 1. The van der Waals surface area contributed by atoms with Crippen LogP contribution in [0.5, 0.6) is 0 Å². The van der Waals surface area contributed by atoms with Gasteiger partial charge in [-0.15, -0.1) is 0 Å². The zero-order valence-electron chi connectivity index (χ0n) is 15.5. The molecule has 27 heavy (non-hydrogen) atoms. The number of carbonyl (C=O) groups excluding carboxylic acids is 1.